The summed E-state index contributed by atoms with van der Waals surface area (Å²) in [6.07, 6.45) is 2.76. The third-order valence-corrected chi connectivity index (χ3v) is 2.95. The number of hydrogen-bond donors (Lipinski definition) is 3. The van der Waals surface area contributed by atoms with E-state index < -0.39 is 0 Å². The van der Waals surface area contributed by atoms with E-state index in [0.717, 1.165) is 4.47 Å². The molecule has 20 heavy (non-hydrogen) atoms. The molecule has 1 amide bonds. The van der Waals surface area contributed by atoms with Crippen LogP contribution in [0.25, 0.3) is 0 Å². The van der Waals surface area contributed by atoms with E-state index in [1.54, 1.807) is 18.2 Å². The zero-order valence-corrected chi connectivity index (χ0v) is 11.7. The molecule has 2 aromatic rings. The highest BCUT2D eigenvalue weighted by Gasteiger charge is 2.12. The van der Waals surface area contributed by atoms with Crippen LogP contribution in [0.5, 0.6) is 0 Å². The monoisotopic (exact) mass is 335 g/mol. The maximum absolute atomic E-state index is 12.1. The first kappa shape index (κ1) is 13.9. The van der Waals surface area contributed by atoms with Gasteiger partial charge in [-0.1, -0.05) is 21.1 Å². The van der Waals surface area contributed by atoms with E-state index in [9.17, 15) is 4.79 Å². The summed E-state index contributed by atoms with van der Waals surface area (Å²) >= 11 is 3.30. The van der Waals surface area contributed by atoms with Crippen LogP contribution in [-0.4, -0.2) is 27.1 Å². The largest absolute Gasteiger partial charge is 0.409 e. The summed E-state index contributed by atoms with van der Waals surface area (Å²) in [7, 11) is 0. The van der Waals surface area contributed by atoms with Gasteiger partial charge in [0, 0.05) is 10.0 Å². The first-order valence-corrected chi connectivity index (χ1v) is 6.26. The highest BCUT2D eigenvalue weighted by molar-refractivity contribution is 9.10. The first-order chi connectivity index (χ1) is 9.61. The molecular formula is C12H10BrN5O2. The predicted octanol–water partition coefficient (Wildman–Crippen LogP) is 1.59. The summed E-state index contributed by atoms with van der Waals surface area (Å²) in [5.74, 6) is -0.467. The number of rotatable bonds is 3. The van der Waals surface area contributed by atoms with E-state index >= 15 is 0 Å². The molecular weight excluding hydrogens is 326 g/mol. The summed E-state index contributed by atoms with van der Waals surface area (Å²) in [5, 5.41) is 21.6. The number of carbonyl (C=O) groups is 1. The van der Waals surface area contributed by atoms with Gasteiger partial charge >= 0.3 is 0 Å². The lowest BCUT2D eigenvalue weighted by atomic mass is 10.1. The lowest BCUT2D eigenvalue weighted by Crippen LogP contribution is -2.19. The van der Waals surface area contributed by atoms with E-state index in [1.165, 1.54) is 18.5 Å². The van der Waals surface area contributed by atoms with Crippen molar-refractivity contribution >= 4 is 33.4 Å². The van der Waals surface area contributed by atoms with Crippen molar-refractivity contribution in [2.24, 2.45) is 10.9 Å². The molecule has 0 radical (unpaired) electrons. The SMILES string of the molecule is N/C(=N/O)c1ccc(Br)cc1NC(=O)c1ccnnc1. The minimum atomic E-state index is -0.370. The summed E-state index contributed by atoms with van der Waals surface area (Å²) < 4.78 is 0.746. The molecule has 0 fully saturated rings. The fraction of sp³-hybridized carbons (Fsp3) is 0. The molecule has 1 heterocycles. The van der Waals surface area contributed by atoms with Crippen molar-refractivity contribution in [1.82, 2.24) is 10.2 Å². The van der Waals surface area contributed by atoms with E-state index in [4.69, 9.17) is 10.9 Å². The van der Waals surface area contributed by atoms with Gasteiger partial charge in [-0.25, -0.2) is 0 Å². The van der Waals surface area contributed by atoms with Crippen LogP contribution in [0.1, 0.15) is 15.9 Å². The Morgan fingerprint density at radius 2 is 2.15 bits per heavy atom. The van der Waals surface area contributed by atoms with Crippen LogP contribution in [0.4, 0.5) is 5.69 Å². The number of aromatic nitrogens is 2. The van der Waals surface area contributed by atoms with E-state index in [2.05, 4.69) is 36.6 Å². The molecule has 8 heteroatoms. The smallest absolute Gasteiger partial charge is 0.257 e. The number of oxime groups is 1. The number of carbonyl (C=O) groups excluding carboxylic acids is 1. The third kappa shape index (κ3) is 3.09. The van der Waals surface area contributed by atoms with Crippen molar-refractivity contribution in [2.45, 2.75) is 0 Å². The summed E-state index contributed by atoms with van der Waals surface area (Å²) in [6.45, 7) is 0. The number of halogens is 1. The Balaban J connectivity index is 2.33. The fourth-order valence-electron chi connectivity index (χ4n) is 1.52. The molecule has 0 saturated heterocycles. The van der Waals surface area contributed by atoms with Gasteiger partial charge in [0.15, 0.2) is 5.84 Å². The van der Waals surface area contributed by atoms with Crippen molar-refractivity contribution in [3.63, 3.8) is 0 Å². The number of nitrogens with one attached hydrogen (secondary N) is 1. The topological polar surface area (TPSA) is 113 Å². The van der Waals surface area contributed by atoms with Gasteiger partial charge in [0.25, 0.3) is 5.91 Å². The Morgan fingerprint density at radius 1 is 1.35 bits per heavy atom. The lowest BCUT2D eigenvalue weighted by molar-refractivity contribution is 0.102. The lowest BCUT2D eigenvalue weighted by Gasteiger charge is -2.10. The number of nitrogens with two attached hydrogens (primary N) is 1. The molecule has 0 saturated carbocycles. The Morgan fingerprint density at radius 3 is 2.80 bits per heavy atom. The van der Waals surface area contributed by atoms with Crippen LogP contribution in [0.3, 0.4) is 0 Å². The Hall–Kier alpha value is -2.48. The minimum Gasteiger partial charge on any atom is -0.409 e. The van der Waals surface area contributed by atoms with Crippen LogP contribution in [0.15, 0.2) is 46.3 Å². The number of amides is 1. The highest BCUT2D eigenvalue weighted by atomic mass is 79.9. The van der Waals surface area contributed by atoms with Gasteiger partial charge in [0.1, 0.15) is 0 Å². The van der Waals surface area contributed by atoms with E-state index in [0.29, 0.717) is 16.8 Å². The molecule has 1 aromatic carbocycles. The van der Waals surface area contributed by atoms with Gasteiger partial charge < -0.3 is 16.3 Å². The van der Waals surface area contributed by atoms with Crippen molar-refractivity contribution in [3.8, 4) is 0 Å². The number of anilines is 1. The number of hydrogen-bond acceptors (Lipinski definition) is 5. The normalized spacial score (nSPS) is 11.2. The maximum atomic E-state index is 12.1. The zero-order valence-electron chi connectivity index (χ0n) is 10.1. The molecule has 0 aliphatic rings. The van der Waals surface area contributed by atoms with Gasteiger partial charge in [-0.15, -0.1) is 0 Å². The average Bonchev–Trinajstić information content (AvgIpc) is 2.47. The van der Waals surface area contributed by atoms with Crippen molar-refractivity contribution in [1.29, 1.82) is 0 Å². The molecule has 0 aliphatic heterocycles. The predicted molar refractivity (Wildman–Crippen MR) is 76.6 cm³/mol. The molecule has 0 atom stereocenters. The van der Waals surface area contributed by atoms with E-state index in [1.807, 2.05) is 0 Å². The standard InChI is InChI=1S/C12H10BrN5O2/c13-8-1-2-9(11(14)18-20)10(5-8)17-12(19)7-3-4-15-16-6-7/h1-6,20H,(H2,14,18)(H,17,19). The zero-order chi connectivity index (χ0) is 14.5. The molecule has 4 N–H and O–H groups in total. The Kier molecular flexibility index (Phi) is 4.26. The molecule has 0 aliphatic carbocycles. The van der Waals surface area contributed by atoms with Crippen LogP contribution in [0, 0.1) is 0 Å². The highest BCUT2D eigenvalue weighted by Crippen LogP contribution is 2.22. The van der Waals surface area contributed by atoms with Crippen LogP contribution < -0.4 is 11.1 Å². The number of benzene rings is 1. The second kappa shape index (κ2) is 6.11. The van der Waals surface area contributed by atoms with Gasteiger partial charge in [-0.3, -0.25) is 4.79 Å². The minimum absolute atomic E-state index is 0.0966. The fourth-order valence-corrected chi connectivity index (χ4v) is 1.88. The van der Waals surface area contributed by atoms with Gasteiger partial charge in [-0.2, -0.15) is 10.2 Å². The van der Waals surface area contributed by atoms with Gasteiger partial charge in [-0.05, 0) is 24.3 Å². The quantitative estimate of drug-likeness (QED) is 0.341. The second-order valence-corrected chi connectivity index (χ2v) is 4.68. The van der Waals surface area contributed by atoms with Crippen LogP contribution in [-0.2, 0) is 0 Å². The number of amidine groups is 1. The number of nitrogens with zero attached hydrogens (tertiary/aromatic N) is 3. The summed E-state index contributed by atoms with van der Waals surface area (Å²) in [4.78, 5) is 12.1. The average molecular weight is 336 g/mol. The molecule has 0 bridgehead atoms. The Bertz CT molecular complexity index is 660. The summed E-state index contributed by atoms with van der Waals surface area (Å²) in [6, 6.07) is 6.53. The molecule has 7 nitrogen and oxygen atoms in total. The first-order valence-electron chi connectivity index (χ1n) is 5.47. The Labute approximate surface area is 122 Å². The second-order valence-electron chi connectivity index (χ2n) is 3.76. The van der Waals surface area contributed by atoms with Crippen LogP contribution in [0.2, 0.25) is 0 Å². The van der Waals surface area contributed by atoms with E-state index in [-0.39, 0.29) is 11.7 Å². The molecule has 0 spiro atoms. The molecule has 2 rings (SSSR count). The van der Waals surface area contributed by atoms with Crippen molar-refractivity contribution in [3.05, 3.63) is 52.3 Å². The van der Waals surface area contributed by atoms with Gasteiger partial charge in [0.05, 0.1) is 23.6 Å². The van der Waals surface area contributed by atoms with Gasteiger partial charge in [0.2, 0.25) is 0 Å². The third-order valence-electron chi connectivity index (χ3n) is 2.46. The van der Waals surface area contributed by atoms with Crippen molar-refractivity contribution < 1.29 is 10.0 Å². The van der Waals surface area contributed by atoms with Crippen molar-refractivity contribution in [2.75, 3.05) is 5.32 Å². The molecule has 1 aromatic heterocycles. The molecule has 102 valence electrons. The molecule has 0 unspecified atom stereocenters. The maximum Gasteiger partial charge on any atom is 0.257 e. The summed E-state index contributed by atoms with van der Waals surface area (Å²) in [5.41, 5.74) is 6.74. The van der Waals surface area contributed by atoms with Crippen LogP contribution >= 0.6 is 15.9 Å².